The zero-order valence-corrected chi connectivity index (χ0v) is 12.2. The fraction of sp³-hybridized carbons (Fsp3) is 0.625. The Kier molecular flexibility index (Phi) is 5.08. The molecule has 1 saturated carbocycles. The van der Waals surface area contributed by atoms with Gasteiger partial charge in [-0.2, -0.15) is 0 Å². The number of likely N-dealkylation sites (N-methyl/N-ethyl adjacent to an activating group) is 1. The lowest BCUT2D eigenvalue weighted by Crippen LogP contribution is -2.39. The number of halogens is 1. The van der Waals surface area contributed by atoms with Crippen molar-refractivity contribution in [2.24, 2.45) is 11.8 Å². The van der Waals surface area contributed by atoms with E-state index in [0.29, 0.717) is 6.04 Å². The molecule has 18 heavy (non-hydrogen) atoms. The van der Waals surface area contributed by atoms with Gasteiger partial charge < -0.3 is 5.32 Å². The molecule has 2 heteroatoms. The van der Waals surface area contributed by atoms with Crippen molar-refractivity contribution >= 4 is 11.6 Å². The molecule has 0 radical (unpaired) electrons. The Hall–Kier alpha value is -0.530. The molecule has 0 heterocycles. The Labute approximate surface area is 116 Å². The van der Waals surface area contributed by atoms with Gasteiger partial charge in [0.1, 0.15) is 0 Å². The van der Waals surface area contributed by atoms with Gasteiger partial charge in [0.25, 0.3) is 0 Å². The van der Waals surface area contributed by atoms with Gasteiger partial charge in [-0.05, 0) is 48.9 Å². The third-order valence-corrected chi connectivity index (χ3v) is 4.49. The summed E-state index contributed by atoms with van der Waals surface area (Å²) in [5, 5.41) is 4.53. The van der Waals surface area contributed by atoms with Gasteiger partial charge in [-0.1, -0.05) is 50.4 Å². The molecule has 2 rings (SSSR count). The third kappa shape index (κ3) is 3.49. The van der Waals surface area contributed by atoms with Gasteiger partial charge in [0, 0.05) is 11.1 Å². The lowest BCUT2D eigenvalue weighted by atomic mass is 9.86. The highest BCUT2D eigenvalue weighted by Gasteiger charge is 2.30. The summed E-state index contributed by atoms with van der Waals surface area (Å²) in [5.41, 5.74) is 1.35. The van der Waals surface area contributed by atoms with Crippen molar-refractivity contribution in [3.63, 3.8) is 0 Å². The van der Waals surface area contributed by atoms with Crippen LogP contribution < -0.4 is 5.32 Å². The fourth-order valence-electron chi connectivity index (χ4n) is 3.33. The molecule has 3 unspecified atom stereocenters. The summed E-state index contributed by atoms with van der Waals surface area (Å²) in [7, 11) is 0. The van der Waals surface area contributed by atoms with E-state index in [-0.39, 0.29) is 0 Å². The fourth-order valence-corrected chi connectivity index (χ4v) is 3.54. The van der Waals surface area contributed by atoms with Crippen LogP contribution in [0.25, 0.3) is 0 Å². The standard InChI is InChI=1S/C16H24ClN/c1-3-18-16(15-9-4-6-12(15)2)11-13-7-5-8-14(17)10-13/h5,7-8,10,12,15-16,18H,3-4,6,9,11H2,1-2H3. The van der Waals surface area contributed by atoms with Crippen LogP contribution in [-0.4, -0.2) is 12.6 Å². The monoisotopic (exact) mass is 265 g/mol. The summed E-state index contributed by atoms with van der Waals surface area (Å²) in [6.07, 6.45) is 5.26. The summed E-state index contributed by atoms with van der Waals surface area (Å²) in [6.45, 7) is 5.65. The van der Waals surface area contributed by atoms with Gasteiger partial charge in [0.05, 0.1) is 0 Å². The minimum atomic E-state index is 0.603. The van der Waals surface area contributed by atoms with Crippen molar-refractivity contribution in [2.75, 3.05) is 6.54 Å². The van der Waals surface area contributed by atoms with Crippen molar-refractivity contribution in [1.29, 1.82) is 0 Å². The zero-order valence-electron chi connectivity index (χ0n) is 11.5. The molecule has 0 amide bonds. The molecule has 0 bridgehead atoms. The number of rotatable bonds is 5. The van der Waals surface area contributed by atoms with Gasteiger partial charge in [-0.25, -0.2) is 0 Å². The maximum absolute atomic E-state index is 6.07. The first-order chi connectivity index (χ1) is 8.70. The molecule has 1 N–H and O–H groups in total. The highest BCUT2D eigenvalue weighted by molar-refractivity contribution is 6.30. The van der Waals surface area contributed by atoms with Crippen molar-refractivity contribution in [2.45, 2.75) is 45.6 Å². The molecule has 1 aromatic carbocycles. The van der Waals surface area contributed by atoms with E-state index in [1.165, 1.54) is 24.8 Å². The zero-order chi connectivity index (χ0) is 13.0. The molecule has 100 valence electrons. The van der Waals surface area contributed by atoms with E-state index in [2.05, 4.69) is 37.4 Å². The number of hydrogen-bond acceptors (Lipinski definition) is 1. The lowest BCUT2D eigenvalue weighted by Gasteiger charge is -2.28. The Balaban J connectivity index is 2.06. The number of benzene rings is 1. The Morgan fingerprint density at radius 1 is 1.39 bits per heavy atom. The lowest BCUT2D eigenvalue weighted by molar-refractivity contribution is 0.298. The average Bonchev–Trinajstić information content (AvgIpc) is 2.75. The normalized spacial score (nSPS) is 25.3. The first kappa shape index (κ1) is 13.9. The molecular formula is C16H24ClN. The molecule has 0 aromatic heterocycles. The topological polar surface area (TPSA) is 12.0 Å². The Morgan fingerprint density at radius 3 is 2.83 bits per heavy atom. The van der Waals surface area contributed by atoms with Gasteiger partial charge in [-0.3, -0.25) is 0 Å². The summed E-state index contributed by atoms with van der Waals surface area (Å²) in [4.78, 5) is 0. The van der Waals surface area contributed by atoms with E-state index in [1.54, 1.807) is 0 Å². The van der Waals surface area contributed by atoms with Crippen LogP contribution in [-0.2, 0) is 6.42 Å². The maximum Gasteiger partial charge on any atom is 0.0408 e. The Morgan fingerprint density at radius 2 is 2.22 bits per heavy atom. The van der Waals surface area contributed by atoms with Crippen LogP contribution in [0.4, 0.5) is 0 Å². The quantitative estimate of drug-likeness (QED) is 0.837. The summed E-state index contributed by atoms with van der Waals surface area (Å²) < 4.78 is 0. The highest BCUT2D eigenvalue weighted by Crippen LogP contribution is 2.34. The molecule has 0 aliphatic heterocycles. The first-order valence-electron chi connectivity index (χ1n) is 7.18. The predicted molar refractivity (Wildman–Crippen MR) is 79.1 cm³/mol. The third-order valence-electron chi connectivity index (χ3n) is 4.26. The molecule has 1 aliphatic carbocycles. The summed E-state index contributed by atoms with van der Waals surface area (Å²) in [6, 6.07) is 8.90. The van der Waals surface area contributed by atoms with E-state index >= 15 is 0 Å². The van der Waals surface area contributed by atoms with Gasteiger partial charge >= 0.3 is 0 Å². The van der Waals surface area contributed by atoms with E-state index < -0.39 is 0 Å². The molecule has 0 spiro atoms. The van der Waals surface area contributed by atoms with E-state index in [4.69, 9.17) is 11.6 Å². The van der Waals surface area contributed by atoms with Crippen LogP contribution in [0.2, 0.25) is 5.02 Å². The van der Waals surface area contributed by atoms with Crippen LogP contribution in [0.5, 0.6) is 0 Å². The largest absolute Gasteiger partial charge is 0.314 e. The van der Waals surface area contributed by atoms with Crippen LogP contribution in [0.1, 0.15) is 38.7 Å². The van der Waals surface area contributed by atoms with Gasteiger partial charge in [0.15, 0.2) is 0 Å². The van der Waals surface area contributed by atoms with Crippen molar-refractivity contribution in [1.82, 2.24) is 5.32 Å². The molecular weight excluding hydrogens is 242 g/mol. The minimum Gasteiger partial charge on any atom is -0.314 e. The van der Waals surface area contributed by atoms with E-state index in [9.17, 15) is 0 Å². The summed E-state index contributed by atoms with van der Waals surface area (Å²) >= 11 is 6.07. The smallest absolute Gasteiger partial charge is 0.0408 e. The molecule has 1 fully saturated rings. The Bertz CT molecular complexity index is 377. The van der Waals surface area contributed by atoms with E-state index in [0.717, 1.165) is 29.8 Å². The summed E-state index contributed by atoms with van der Waals surface area (Å²) in [5.74, 6) is 1.68. The average molecular weight is 266 g/mol. The SMILES string of the molecule is CCNC(Cc1cccc(Cl)c1)C1CCCC1C. The minimum absolute atomic E-state index is 0.603. The van der Waals surface area contributed by atoms with Crippen LogP contribution in [0.3, 0.4) is 0 Å². The molecule has 1 nitrogen and oxygen atoms in total. The number of nitrogens with one attached hydrogen (secondary N) is 1. The molecule has 0 saturated heterocycles. The predicted octanol–water partition coefficient (Wildman–Crippen LogP) is 4.30. The van der Waals surface area contributed by atoms with Crippen molar-refractivity contribution in [3.05, 3.63) is 34.9 Å². The van der Waals surface area contributed by atoms with Crippen LogP contribution >= 0.6 is 11.6 Å². The molecule has 1 aromatic rings. The first-order valence-corrected chi connectivity index (χ1v) is 7.56. The van der Waals surface area contributed by atoms with Crippen LogP contribution in [0.15, 0.2) is 24.3 Å². The second kappa shape index (κ2) is 6.58. The highest BCUT2D eigenvalue weighted by atomic mass is 35.5. The molecule has 1 aliphatic rings. The maximum atomic E-state index is 6.07. The van der Waals surface area contributed by atoms with Gasteiger partial charge in [0.2, 0.25) is 0 Å². The van der Waals surface area contributed by atoms with Crippen molar-refractivity contribution < 1.29 is 0 Å². The second-order valence-electron chi connectivity index (χ2n) is 5.57. The van der Waals surface area contributed by atoms with Gasteiger partial charge in [-0.15, -0.1) is 0 Å². The van der Waals surface area contributed by atoms with Crippen LogP contribution in [0, 0.1) is 11.8 Å². The molecule has 3 atom stereocenters. The van der Waals surface area contributed by atoms with E-state index in [1.807, 2.05) is 6.07 Å². The van der Waals surface area contributed by atoms with Crippen molar-refractivity contribution in [3.8, 4) is 0 Å². The second-order valence-corrected chi connectivity index (χ2v) is 6.01. The number of hydrogen-bond donors (Lipinski definition) is 1.